The van der Waals surface area contributed by atoms with Crippen molar-refractivity contribution in [3.05, 3.63) is 4.60 Å². The van der Waals surface area contributed by atoms with Gasteiger partial charge >= 0.3 is 0 Å². The van der Waals surface area contributed by atoms with Crippen molar-refractivity contribution in [2.45, 2.75) is 58.0 Å². The van der Waals surface area contributed by atoms with Gasteiger partial charge in [0, 0.05) is 13.1 Å². The summed E-state index contributed by atoms with van der Waals surface area (Å²) in [7, 11) is -2.07. The number of halogens is 1. The Hall–Kier alpha value is -0.470. The highest BCUT2D eigenvalue weighted by molar-refractivity contribution is 9.10. The maximum Gasteiger partial charge on any atom is 0.260 e. The molecule has 0 amide bonds. The number of hydrogen-bond donors (Lipinski definition) is 1. The molecule has 0 spiro atoms. The first-order chi connectivity index (χ1) is 9.42. The number of sulfonamides is 1. The van der Waals surface area contributed by atoms with E-state index in [1.54, 1.807) is 7.05 Å². The summed E-state index contributed by atoms with van der Waals surface area (Å²) in [5.74, 6) is 0. The van der Waals surface area contributed by atoms with Gasteiger partial charge in [0.25, 0.3) is 10.0 Å². The summed E-state index contributed by atoms with van der Waals surface area (Å²) < 4.78 is 29.5. The second-order valence-electron chi connectivity index (χ2n) is 7.54. The lowest BCUT2D eigenvalue weighted by molar-refractivity contribution is 0.0933. The van der Waals surface area contributed by atoms with Crippen LogP contribution in [0.25, 0.3) is 0 Å². The maximum absolute atomic E-state index is 12.6. The Labute approximate surface area is 134 Å². The highest BCUT2D eigenvalue weighted by Gasteiger charge is 2.40. The monoisotopic (exact) mass is 378 g/mol. The molecule has 0 saturated heterocycles. The maximum atomic E-state index is 12.6. The predicted octanol–water partition coefficient (Wildman–Crippen LogP) is 2.46. The molecule has 0 bridgehead atoms. The van der Waals surface area contributed by atoms with Gasteiger partial charge in [-0.25, -0.2) is 17.8 Å². The van der Waals surface area contributed by atoms with Crippen molar-refractivity contribution in [1.82, 2.24) is 19.7 Å². The van der Waals surface area contributed by atoms with E-state index in [0.717, 1.165) is 19.3 Å². The molecule has 0 aromatic carbocycles. The van der Waals surface area contributed by atoms with Crippen LogP contribution in [0.2, 0.25) is 0 Å². The Kier molecular flexibility index (Phi) is 4.27. The fourth-order valence-corrected chi connectivity index (χ4v) is 6.14. The third-order valence-electron chi connectivity index (χ3n) is 3.87. The van der Waals surface area contributed by atoms with Crippen molar-refractivity contribution >= 4 is 26.0 Å². The first kappa shape index (κ1) is 16.9. The van der Waals surface area contributed by atoms with E-state index in [0.29, 0.717) is 0 Å². The van der Waals surface area contributed by atoms with Gasteiger partial charge in [0.05, 0.1) is 0 Å². The topological polar surface area (TPSA) is 76.9 Å². The number of nitrogens with one attached hydrogen (secondary N) is 1. The molecule has 2 rings (SSSR count). The average molecular weight is 379 g/mol. The van der Waals surface area contributed by atoms with E-state index < -0.39 is 10.0 Å². The predicted molar refractivity (Wildman–Crippen MR) is 84.2 cm³/mol. The zero-order valence-corrected chi connectivity index (χ0v) is 15.5. The van der Waals surface area contributed by atoms with Gasteiger partial charge in [-0.3, -0.25) is 0 Å². The van der Waals surface area contributed by atoms with Crippen LogP contribution in [0.1, 0.15) is 47.0 Å². The number of nitrogens with zero attached hydrogens (tertiary/aromatic N) is 3. The van der Waals surface area contributed by atoms with Crippen molar-refractivity contribution in [2.75, 3.05) is 0 Å². The fraction of sp³-hybridized carbons (Fsp3) is 0.846. The zero-order chi connectivity index (χ0) is 16.1. The van der Waals surface area contributed by atoms with Crippen LogP contribution in [0.3, 0.4) is 0 Å². The Morgan fingerprint density at radius 2 is 1.76 bits per heavy atom. The lowest BCUT2D eigenvalue weighted by atomic mass is 9.64. The van der Waals surface area contributed by atoms with Crippen molar-refractivity contribution in [3.63, 3.8) is 0 Å². The molecule has 0 atom stereocenters. The number of aromatic nitrogens is 3. The van der Waals surface area contributed by atoms with E-state index in [4.69, 9.17) is 0 Å². The molecule has 120 valence electrons. The molecule has 21 heavy (non-hydrogen) atoms. The molecule has 1 saturated carbocycles. The summed E-state index contributed by atoms with van der Waals surface area (Å²) in [6.45, 7) is 8.76. The average Bonchev–Trinajstić information content (AvgIpc) is 2.52. The Balaban J connectivity index is 2.25. The Morgan fingerprint density at radius 1 is 1.24 bits per heavy atom. The van der Waals surface area contributed by atoms with Crippen LogP contribution in [0.4, 0.5) is 0 Å². The van der Waals surface area contributed by atoms with Gasteiger partial charge in [-0.2, -0.15) is 0 Å². The van der Waals surface area contributed by atoms with Gasteiger partial charge in [-0.1, -0.05) is 32.9 Å². The zero-order valence-electron chi connectivity index (χ0n) is 13.1. The van der Waals surface area contributed by atoms with E-state index in [1.807, 2.05) is 0 Å². The first-order valence-corrected chi connectivity index (χ1v) is 9.27. The lowest BCUT2D eigenvalue weighted by Gasteiger charge is -2.44. The minimum absolute atomic E-state index is 0.0729. The van der Waals surface area contributed by atoms with E-state index >= 15 is 0 Å². The van der Waals surface area contributed by atoms with Gasteiger partial charge in [-0.05, 0) is 46.0 Å². The SMILES string of the molecule is Cn1nnc(Br)c1S(=O)(=O)NC1CC(C)(C)CC(C)(C)C1. The first-order valence-electron chi connectivity index (χ1n) is 6.99. The number of aryl methyl sites for hydroxylation is 1. The quantitative estimate of drug-likeness (QED) is 0.875. The molecule has 1 N–H and O–H groups in total. The summed E-state index contributed by atoms with van der Waals surface area (Å²) in [5, 5.41) is 7.55. The van der Waals surface area contributed by atoms with E-state index in [-0.39, 0.29) is 26.5 Å². The Bertz CT molecular complexity index is 601. The van der Waals surface area contributed by atoms with Crippen molar-refractivity contribution in [2.24, 2.45) is 17.9 Å². The second-order valence-corrected chi connectivity index (χ2v) is 9.92. The Morgan fingerprint density at radius 3 is 2.19 bits per heavy atom. The van der Waals surface area contributed by atoms with E-state index in [9.17, 15) is 8.42 Å². The highest BCUT2D eigenvalue weighted by atomic mass is 79.9. The van der Waals surface area contributed by atoms with Crippen molar-refractivity contribution in [1.29, 1.82) is 0 Å². The molecule has 0 radical (unpaired) electrons. The standard InChI is InChI=1S/C13H23BrN4O2S/c1-12(2)6-9(7-13(3,4)8-12)16-21(19,20)11-10(14)15-17-18(11)5/h9,16H,6-8H2,1-5H3. The molecular weight excluding hydrogens is 356 g/mol. The number of hydrogen-bond acceptors (Lipinski definition) is 4. The molecule has 1 aliphatic carbocycles. The molecule has 1 aromatic rings. The third kappa shape index (κ3) is 3.84. The van der Waals surface area contributed by atoms with Crippen LogP contribution >= 0.6 is 15.9 Å². The molecule has 0 unspecified atom stereocenters. The smallest absolute Gasteiger partial charge is 0.235 e. The minimum atomic E-state index is -3.64. The van der Waals surface area contributed by atoms with Crippen LogP contribution in [0.5, 0.6) is 0 Å². The summed E-state index contributed by atoms with van der Waals surface area (Å²) in [4.78, 5) is 0. The second kappa shape index (κ2) is 5.31. The molecule has 6 nitrogen and oxygen atoms in total. The molecule has 8 heteroatoms. The minimum Gasteiger partial charge on any atom is -0.235 e. The molecule has 1 heterocycles. The molecule has 1 fully saturated rings. The lowest BCUT2D eigenvalue weighted by Crippen LogP contribution is -2.46. The molecular formula is C13H23BrN4O2S. The molecule has 0 aliphatic heterocycles. The van der Waals surface area contributed by atoms with Crippen LogP contribution in [-0.2, 0) is 17.1 Å². The molecule has 1 aromatic heterocycles. The van der Waals surface area contributed by atoms with Gasteiger partial charge in [-0.15, -0.1) is 5.10 Å². The molecule has 1 aliphatic rings. The van der Waals surface area contributed by atoms with Gasteiger partial charge in [0.2, 0.25) is 5.03 Å². The van der Waals surface area contributed by atoms with Gasteiger partial charge in [0.15, 0.2) is 4.60 Å². The van der Waals surface area contributed by atoms with Crippen LogP contribution in [0.15, 0.2) is 9.63 Å². The number of rotatable bonds is 3. The summed E-state index contributed by atoms with van der Waals surface area (Å²) in [6.07, 6.45) is 2.76. The van der Waals surface area contributed by atoms with Gasteiger partial charge < -0.3 is 0 Å². The van der Waals surface area contributed by atoms with Crippen molar-refractivity contribution in [3.8, 4) is 0 Å². The van der Waals surface area contributed by atoms with Gasteiger partial charge in [0.1, 0.15) is 0 Å². The van der Waals surface area contributed by atoms with Crippen LogP contribution in [0, 0.1) is 10.8 Å². The van der Waals surface area contributed by atoms with E-state index in [1.165, 1.54) is 4.68 Å². The van der Waals surface area contributed by atoms with Crippen molar-refractivity contribution < 1.29 is 8.42 Å². The van der Waals surface area contributed by atoms with E-state index in [2.05, 4.69) is 58.7 Å². The largest absolute Gasteiger partial charge is 0.260 e. The summed E-state index contributed by atoms with van der Waals surface area (Å²) in [5.41, 5.74) is 0.244. The fourth-order valence-electron chi connectivity index (χ4n) is 3.81. The summed E-state index contributed by atoms with van der Waals surface area (Å²) in [6, 6.07) is -0.0736. The third-order valence-corrected chi connectivity index (χ3v) is 6.28. The van der Waals surface area contributed by atoms with Crippen LogP contribution < -0.4 is 4.72 Å². The highest BCUT2D eigenvalue weighted by Crippen LogP contribution is 2.45. The normalized spacial score (nSPS) is 22.4. The summed E-state index contributed by atoms with van der Waals surface area (Å²) >= 11 is 3.15. The van der Waals surface area contributed by atoms with Crippen LogP contribution in [-0.4, -0.2) is 29.5 Å².